The third-order valence-corrected chi connectivity index (χ3v) is 4.42. The molecule has 1 N–H and O–H groups in total. The minimum Gasteiger partial charge on any atom is -0.368 e. The van der Waals surface area contributed by atoms with Gasteiger partial charge in [-0.1, -0.05) is 11.6 Å². The van der Waals surface area contributed by atoms with Crippen LogP contribution in [0.1, 0.15) is 19.3 Å². The molecule has 0 radical (unpaired) electrons. The van der Waals surface area contributed by atoms with E-state index in [4.69, 9.17) is 0 Å². The molecule has 4 nitrogen and oxygen atoms in total. The zero-order valence-electron chi connectivity index (χ0n) is 8.66. The summed E-state index contributed by atoms with van der Waals surface area (Å²) in [6.07, 6.45) is 7.99. The maximum atomic E-state index is 3.88. The number of thioether (sulfide) groups is 1. The van der Waals surface area contributed by atoms with E-state index in [1.165, 1.54) is 19.3 Å². The van der Waals surface area contributed by atoms with Gasteiger partial charge in [0, 0.05) is 18.3 Å². The van der Waals surface area contributed by atoms with E-state index < -0.39 is 0 Å². The minimum atomic E-state index is 0.463. The van der Waals surface area contributed by atoms with Gasteiger partial charge in [-0.15, -0.1) is 5.10 Å². The molecule has 1 aliphatic rings. The zero-order chi connectivity index (χ0) is 10.0. The molecule has 1 aromatic heterocycles. The van der Waals surface area contributed by atoms with Crippen LogP contribution in [-0.2, 0) is 7.05 Å². The van der Waals surface area contributed by atoms with Gasteiger partial charge in [-0.25, -0.2) is 4.68 Å². The van der Waals surface area contributed by atoms with Gasteiger partial charge in [0.25, 0.3) is 0 Å². The average molecular weight is 212 g/mol. The molecule has 1 heterocycles. The largest absolute Gasteiger partial charge is 0.368 e. The van der Waals surface area contributed by atoms with Crippen molar-refractivity contribution in [3.63, 3.8) is 0 Å². The molecule has 1 aliphatic carbocycles. The Morgan fingerprint density at radius 2 is 2.43 bits per heavy atom. The fraction of sp³-hybridized carbons (Fsp3) is 0.778. The van der Waals surface area contributed by atoms with Gasteiger partial charge in [0.1, 0.15) is 5.82 Å². The average Bonchev–Trinajstić information content (AvgIpc) is 2.51. The lowest BCUT2D eigenvalue weighted by Crippen LogP contribution is -2.40. The number of aromatic nitrogens is 3. The summed E-state index contributed by atoms with van der Waals surface area (Å²) in [5.74, 6) is 1.00. The van der Waals surface area contributed by atoms with Crippen molar-refractivity contribution in [2.45, 2.75) is 24.0 Å². The maximum absolute atomic E-state index is 3.88. The summed E-state index contributed by atoms with van der Waals surface area (Å²) in [5, 5.41) is 11.1. The van der Waals surface area contributed by atoms with Crippen LogP contribution in [-0.4, -0.2) is 32.5 Å². The van der Waals surface area contributed by atoms with Crippen LogP contribution in [0.2, 0.25) is 0 Å². The third kappa shape index (κ3) is 1.73. The van der Waals surface area contributed by atoms with Gasteiger partial charge in [0.15, 0.2) is 0 Å². The van der Waals surface area contributed by atoms with Crippen LogP contribution < -0.4 is 5.32 Å². The molecule has 0 unspecified atom stereocenters. The summed E-state index contributed by atoms with van der Waals surface area (Å²) in [5.41, 5.74) is 0. The standard InChI is InChI=1S/C9H16N4S/c1-13-8(6-11-12-13)10-7-9(14-2)4-3-5-9/h6,10H,3-5,7H2,1-2H3. The quantitative estimate of drug-likeness (QED) is 0.821. The smallest absolute Gasteiger partial charge is 0.144 e. The van der Waals surface area contributed by atoms with Crippen LogP contribution in [0.4, 0.5) is 5.82 Å². The molecule has 0 spiro atoms. The van der Waals surface area contributed by atoms with E-state index in [1.807, 2.05) is 18.8 Å². The summed E-state index contributed by atoms with van der Waals surface area (Å²) >= 11 is 1.97. The van der Waals surface area contributed by atoms with E-state index >= 15 is 0 Å². The van der Waals surface area contributed by atoms with E-state index in [9.17, 15) is 0 Å². The van der Waals surface area contributed by atoms with Crippen molar-refractivity contribution in [2.24, 2.45) is 7.05 Å². The van der Waals surface area contributed by atoms with Gasteiger partial charge in [-0.3, -0.25) is 0 Å². The molecule has 1 aromatic rings. The zero-order valence-corrected chi connectivity index (χ0v) is 9.47. The predicted molar refractivity (Wildman–Crippen MR) is 59.6 cm³/mol. The first kappa shape index (κ1) is 9.83. The molecule has 0 aromatic carbocycles. The van der Waals surface area contributed by atoms with E-state index in [0.717, 1.165) is 12.4 Å². The first-order valence-electron chi connectivity index (χ1n) is 4.89. The maximum Gasteiger partial charge on any atom is 0.144 e. The van der Waals surface area contributed by atoms with Crippen molar-refractivity contribution in [1.29, 1.82) is 0 Å². The van der Waals surface area contributed by atoms with Crippen LogP contribution in [0, 0.1) is 0 Å². The number of aryl methyl sites for hydroxylation is 1. The normalized spacial score (nSPS) is 19.0. The van der Waals surface area contributed by atoms with Crippen LogP contribution in [0.25, 0.3) is 0 Å². The van der Waals surface area contributed by atoms with Gasteiger partial charge >= 0.3 is 0 Å². The molecule has 0 bridgehead atoms. The molecular formula is C9H16N4S. The molecule has 5 heteroatoms. The number of rotatable bonds is 4. The van der Waals surface area contributed by atoms with E-state index in [-0.39, 0.29) is 0 Å². The Labute approximate surface area is 88.4 Å². The van der Waals surface area contributed by atoms with Crippen molar-refractivity contribution in [2.75, 3.05) is 18.1 Å². The Kier molecular flexibility index (Phi) is 2.67. The van der Waals surface area contributed by atoms with Crippen LogP contribution in [0.15, 0.2) is 6.20 Å². The molecule has 1 fully saturated rings. The predicted octanol–water partition coefficient (Wildman–Crippen LogP) is 1.51. The summed E-state index contributed by atoms with van der Waals surface area (Å²) in [4.78, 5) is 0. The second-order valence-corrected chi connectivity index (χ2v) is 5.11. The SMILES string of the molecule is CSC1(CNc2cnnn2C)CCC1. The van der Waals surface area contributed by atoms with Gasteiger partial charge in [0.05, 0.1) is 6.20 Å². The van der Waals surface area contributed by atoms with E-state index in [1.54, 1.807) is 10.9 Å². The first-order chi connectivity index (χ1) is 6.76. The molecule has 0 saturated heterocycles. The van der Waals surface area contributed by atoms with Crippen LogP contribution in [0.3, 0.4) is 0 Å². The van der Waals surface area contributed by atoms with Gasteiger partial charge < -0.3 is 5.32 Å². The van der Waals surface area contributed by atoms with E-state index in [2.05, 4.69) is 21.9 Å². The molecule has 1 saturated carbocycles. The highest BCUT2D eigenvalue weighted by Gasteiger charge is 2.35. The highest BCUT2D eigenvalue weighted by molar-refractivity contribution is 8.00. The number of hydrogen-bond acceptors (Lipinski definition) is 4. The van der Waals surface area contributed by atoms with Gasteiger partial charge in [-0.2, -0.15) is 11.8 Å². The molecule has 2 rings (SSSR count). The molecule has 0 amide bonds. The molecule has 78 valence electrons. The second-order valence-electron chi connectivity index (χ2n) is 3.84. The summed E-state index contributed by atoms with van der Waals surface area (Å²) in [6.45, 7) is 1.02. The summed E-state index contributed by atoms with van der Waals surface area (Å²) < 4.78 is 2.23. The highest BCUT2D eigenvalue weighted by Crippen LogP contribution is 2.42. The van der Waals surface area contributed by atoms with Crippen molar-refractivity contribution < 1.29 is 0 Å². The first-order valence-corrected chi connectivity index (χ1v) is 6.12. The Hall–Kier alpha value is -0.710. The topological polar surface area (TPSA) is 42.7 Å². The Balaban J connectivity index is 1.90. The van der Waals surface area contributed by atoms with Crippen LogP contribution in [0.5, 0.6) is 0 Å². The fourth-order valence-corrected chi connectivity index (χ4v) is 2.64. The number of anilines is 1. The number of nitrogens with one attached hydrogen (secondary N) is 1. The summed E-state index contributed by atoms with van der Waals surface area (Å²) in [7, 11) is 1.90. The van der Waals surface area contributed by atoms with Crippen molar-refractivity contribution in [1.82, 2.24) is 15.0 Å². The second kappa shape index (κ2) is 3.81. The van der Waals surface area contributed by atoms with Gasteiger partial charge in [0.2, 0.25) is 0 Å². The minimum absolute atomic E-state index is 0.463. The molecule has 0 aliphatic heterocycles. The summed E-state index contributed by atoms with van der Waals surface area (Å²) in [6, 6.07) is 0. The van der Waals surface area contributed by atoms with Gasteiger partial charge in [-0.05, 0) is 19.1 Å². The number of nitrogens with zero attached hydrogens (tertiary/aromatic N) is 3. The highest BCUT2D eigenvalue weighted by atomic mass is 32.2. The molecule has 0 atom stereocenters. The van der Waals surface area contributed by atoms with Crippen molar-refractivity contribution in [3.8, 4) is 0 Å². The Morgan fingerprint density at radius 3 is 2.86 bits per heavy atom. The lowest BCUT2D eigenvalue weighted by Gasteiger charge is -2.40. The Bertz CT molecular complexity index is 300. The molecule has 14 heavy (non-hydrogen) atoms. The number of hydrogen-bond donors (Lipinski definition) is 1. The monoisotopic (exact) mass is 212 g/mol. The van der Waals surface area contributed by atoms with E-state index in [0.29, 0.717) is 4.75 Å². The van der Waals surface area contributed by atoms with Crippen LogP contribution >= 0.6 is 11.8 Å². The lowest BCUT2D eigenvalue weighted by atomic mass is 9.84. The molecular weight excluding hydrogens is 196 g/mol. The lowest BCUT2D eigenvalue weighted by molar-refractivity contribution is 0.379. The Morgan fingerprint density at radius 1 is 1.64 bits per heavy atom. The van der Waals surface area contributed by atoms with Crippen molar-refractivity contribution >= 4 is 17.6 Å². The fourth-order valence-electron chi connectivity index (χ4n) is 1.73. The van der Waals surface area contributed by atoms with Crippen molar-refractivity contribution in [3.05, 3.63) is 6.20 Å². The third-order valence-electron chi connectivity index (χ3n) is 3.00.